The summed E-state index contributed by atoms with van der Waals surface area (Å²) in [5.74, 6) is 0.858. The molecule has 0 unspecified atom stereocenters. The predicted octanol–water partition coefficient (Wildman–Crippen LogP) is 2.00. The molecule has 0 amide bonds. The molecule has 0 radical (unpaired) electrons. The molecule has 92 valence electrons. The summed E-state index contributed by atoms with van der Waals surface area (Å²) in [6, 6.07) is 6.63. The van der Waals surface area contributed by atoms with E-state index in [1.807, 2.05) is 6.92 Å². The molecular formula is C14H16N4. The van der Waals surface area contributed by atoms with Gasteiger partial charge in [-0.15, -0.1) is 0 Å². The van der Waals surface area contributed by atoms with E-state index in [0.29, 0.717) is 0 Å². The zero-order valence-corrected chi connectivity index (χ0v) is 10.4. The first-order valence-corrected chi connectivity index (χ1v) is 6.16. The molecule has 2 aromatic rings. The van der Waals surface area contributed by atoms with E-state index in [1.165, 1.54) is 16.7 Å². The van der Waals surface area contributed by atoms with Crippen LogP contribution in [0.2, 0.25) is 0 Å². The van der Waals surface area contributed by atoms with Crippen LogP contribution >= 0.6 is 0 Å². The van der Waals surface area contributed by atoms with Gasteiger partial charge in [-0.25, -0.2) is 4.98 Å². The zero-order chi connectivity index (χ0) is 12.4. The molecule has 3 rings (SSSR count). The Kier molecular flexibility index (Phi) is 2.94. The van der Waals surface area contributed by atoms with Crippen molar-refractivity contribution in [1.29, 1.82) is 0 Å². The molecule has 1 aliphatic rings. The minimum absolute atomic E-state index is 0.785. The molecule has 1 aromatic heterocycles. The Morgan fingerprint density at radius 2 is 2.00 bits per heavy atom. The fraction of sp³-hybridized carbons (Fsp3) is 0.286. The molecule has 0 saturated carbocycles. The normalized spacial score (nSPS) is 13.4. The Hall–Kier alpha value is -1.94. The van der Waals surface area contributed by atoms with Gasteiger partial charge in [0.2, 0.25) is 0 Å². The van der Waals surface area contributed by atoms with Gasteiger partial charge in [0.15, 0.2) is 0 Å². The summed E-state index contributed by atoms with van der Waals surface area (Å²) in [4.78, 5) is 8.49. The average Bonchev–Trinajstić information content (AvgIpc) is 2.85. The van der Waals surface area contributed by atoms with E-state index in [1.54, 1.807) is 12.4 Å². The fourth-order valence-electron chi connectivity index (χ4n) is 2.22. The number of hydrogen-bond donors (Lipinski definition) is 2. The zero-order valence-electron chi connectivity index (χ0n) is 10.4. The molecule has 0 aliphatic carbocycles. The highest BCUT2D eigenvalue weighted by Crippen LogP contribution is 2.18. The topological polar surface area (TPSA) is 49.8 Å². The van der Waals surface area contributed by atoms with Crippen molar-refractivity contribution in [2.24, 2.45) is 0 Å². The SMILES string of the molecule is Cc1nccnc1NCc1ccc2c(c1)CNC2. The first-order chi connectivity index (χ1) is 8.83. The number of nitrogens with zero attached hydrogens (tertiary/aromatic N) is 2. The lowest BCUT2D eigenvalue weighted by molar-refractivity contribution is 0.764. The summed E-state index contributed by atoms with van der Waals surface area (Å²) in [7, 11) is 0. The number of hydrogen-bond acceptors (Lipinski definition) is 4. The molecule has 1 aliphatic heterocycles. The number of fused-ring (bicyclic) bond motifs is 1. The quantitative estimate of drug-likeness (QED) is 0.861. The van der Waals surface area contributed by atoms with Crippen molar-refractivity contribution >= 4 is 5.82 Å². The highest BCUT2D eigenvalue weighted by Gasteiger charge is 2.09. The molecule has 0 saturated heterocycles. The van der Waals surface area contributed by atoms with Crippen LogP contribution in [0.15, 0.2) is 30.6 Å². The van der Waals surface area contributed by atoms with Crippen molar-refractivity contribution in [2.75, 3.05) is 5.32 Å². The molecule has 0 spiro atoms. The Balaban J connectivity index is 1.72. The van der Waals surface area contributed by atoms with E-state index in [-0.39, 0.29) is 0 Å². The molecule has 1 aromatic carbocycles. The molecule has 0 fully saturated rings. The third kappa shape index (κ3) is 2.19. The van der Waals surface area contributed by atoms with E-state index in [9.17, 15) is 0 Å². The molecule has 2 N–H and O–H groups in total. The standard InChI is InChI=1S/C14H16N4/c1-10-14(17-5-4-16-10)18-7-11-2-3-12-8-15-9-13(12)6-11/h2-6,15H,7-9H2,1H3,(H,17,18). The number of aromatic nitrogens is 2. The van der Waals surface area contributed by atoms with Gasteiger partial charge in [0.1, 0.15) is 5.82 Å². The summed E-state index contributed by atoms with van der Waals surface area (Å²) in [5, 5.41) is 6.68. The molecule has 0 bridgehead atoms. The number of nitrogens with one attached hydrogen (secondary N) is 2. The number of benzene rings is 1. The van der Waals surface area contributed by atoms with Crippen LogP contribution in [0.3, 0.4) is 0 Å². The van der Waals surface area contributed by atoms with Gasteiger partial charge in [-0.3, -0.25) is 4.98 Å². The van der Waals surface area contributed by atoms with Crippen molar-refractivity contribution in [2.45, 2.75) is 26.6 Å². The first kappa shape index (κ1) is 11.2. The monoisotopic (exact) mass is 240 g/mol. The van der Waals surface area contributed by atoms with E-state index in [0.717, 1.165) is 31.1 Å². The number of anilines is 1. The second kappa shape index (κ2) is 4.74. The van der Waals surface area contributed by atoms with Crippen molar-refractivity contribution in [3.63, 3.8) is 0 Å². The second-order valence-corrected chi connectivity index (χ2v) is 4.55. The van der Waals surface area contributed by atoms with Crippen LogP contribution in [0.25, 0.3) is 0 Å². The van der Waals surface area contributed by atoms with Gasteiger partial charge < -0.3 is 10.6 Å². The minimum atomic E-state index is 0.785. The van der Waals surface area contributed by atoms with Crippen molar-refractivity contribution < 1.29 is 0 Å². The Morgan fingerprint density at radius 3 is 2.89 bits per heavy atom. The van der Waals surface area contributed by atoms with Gasteiger partial charge >= 0.3 is 0 Å². The van der Waals surface area contributed by atoms with Crippen LogP contribution in [-0.4, -0.2) is 9.97 Å². The summed E-state index contributed by atoms with van der Waals surface area (Å²) in [5.41, 5.74) is 5.03. The van der Waals surface area contributed by atoms with Crippen molar-refractivity contribution in [1.82, 2.24) is 15.3 Å². The lowest BCUT2D eigenvalue weighted by Crippen LogP contribution is -2.04. The number of rotatable bonds is 3. The van der Waals surface area contributed by atoms with Crippen molar-refractivity contribution in [3.05, 3.63) is 53.0 Å². The largest absolute Gasteiger partial charge is 0.364 e. The van der Waals surface area contributed by atoms with E-state index in [2.05, 4.69) is 38.8 Å². The maximum atomic E-state index is 4.28. The van der Waals surface area contributed by atoms with Gasteiger partial charge in [-0.1, -0.05) is 18.2 Å². The summed E-state index contributed by atoms with van der Waals surface area (Å²) in [6.07, 6.45) is 3.42. The lowest BCUT2D eigenvalue weighted by Gasteiger charge is -2.08. The van der Waals surface area contributed by atoms with Gasteiger partial charge in [0.25, 0.3) is 0 Å². The Labute approximate surface area is 106 Å². The van der Waals surface area contributed by atoms with Crippen LogP contribution in [-0.2, 0) is 19.6 Å². The predicted molar refractivity (Wildman–Crippen MR) is 71.1 cm³/mol. The minimum Gasteiger partial charge on any atom is -0.364 e. The summed E-state index contributed by atoms with van der Waals surface area (Å²) in [6.45, 7) is 4.72. The van der Waals surface area contributed by atoms with Gasteiger partial charge in [-0.2, -0.15) is 0 Å². The van der Waals surface area contributed by atoms with E-state index in [4.69, 9.17) is 0 Å². The first-order valence-electron chi connectivity index (χ1n) is 6.16. The van der Waals surface area contributed by atoms with Crippen molar-refractivity contribution in [3.8, 4) is 0 Å². The van der Waals surface area contributed by atoms with Crippen LogP contribution < -0.4 is 10.6 Å². The van der Waals surface area contributed by atoms with E-state index < -0.39 is 0 Å². The maximum Gasteiger partial charge on any atom is 0.147 e. The van der Waals surface area contributed by atoms with Crippen LogP contribution in [0, 0.1) is 6.92 Å². The van der Waals surface area contributed by atoms with Crippen LogP contribution in [0.1, 0.15) is 22.4 Å². The summed E-state index contributed by atoms with van der Waals surface area (Å²) >= 11 is 0. The third-order valence-corrected chi connectivity index (χ3v) is 3.24. The molecular weight excluding hydrogens is 224 g/mol. The maximum absolute atomic E-state index is 4.28. The lowest BCUT2D eigenvalue weighted by atomic mass is 10.1. The smallest absolute Gasteiger partial charge is 0.147 e. The molecule has 4 heteroatoms. The van der Waals surface area contributed by atoms with Gasteiger partial charge in [0, 0.05) is 32.0 Å². The van der Waals surface area contributed by atoms with Gasteiger partial charge in [0.05, 0.1) is 5.69 Å². The average molecular weight is 240 g/mol. The van der Waals surface area contributed by atoms with Crippen LogP contribution in [0.5, 0.6) is 0 Å². The second-order valence-electron chi connectivity index (χ2n) is 4.55. The molecule has 18 heavy (non-hydrogen) atoms. The summed E-state index contributed by atoms with van der Waals surface area (Å²) < 4.78 is 0. The molecule has 0 atom stereocenters. The molecule has 2 heterocycles. The highest BCUT2D eigenvalue weighted by molar-refractivity contribution is 5.41. The van der Waals surface area contributed by atoms with Gasteiger partial charge in [-0.05, 0) is 23.6 Å². The third-order valence-electron chi connectivity index (χ3n) is 3.24. The van der Waals surface area contributed by atoms with Crippen LogP contribution in [0.4, 0.5) is 5.82 Å². The Morgan fingerprint density at radius 1 is 1.17 bits per heavy atom. The fourth-order valence-corrected chi connectivity index (χ4v) is 2.22. The number of aryl methyl sites for hydroxylation is 1. The van der Waals surface area contributed by atoms with E-state index >= 15 is 0 Å². The highest BCUT2D eigenvalue weighted by atomic mass is 15.0. The Bertz CT molecular complexity index is 565. The molecule has 4 nitrogen and oxygen atoms in total.